The summed E-state index contributed by atoms with van der Waals surface area (Å²) in [6, 6.07) is 5.74. The van der Waals surface area contributed by atoms with Gasteiger partial charge in [0.15, 0.2) is 5.82 Å². The Labute approximate surface area is 88.5 Å². The third kappa shape index (κ3) is 1.83. The van der Waals surface area contributed by atoms with E-state index in [-0.39, 0.29) is 0 Å². The summed E-state index contributed by atoms with van der Waals surface area (Å²) in [6.45, 7) is 4.05. The van der Waals surface area contributed by atoms with Crippen molar-refractivity contribution in [2.24, 2.45) is 0 Å². The topological polar surface area (TPSA) is 67.6 Å². The Balaban J connectivity index is 2.44. The molecule has 0 saturated carbocycles. The van der Waals surface area contributed by atoms with Gasteiger partial charge < -0.3 is 5.73 Å². The van der Waals surface area contributed by atoms with Gasteiger partial charge in [0.1, 0.15) is 5.82 Å². The van der Waals surface area contributed by atoms with Crippen LogP contribution >= 0.6 is 0 Å². The standard InChI is InChI=1S/C11H14N4/c1-3-10-13-11(15-14-10)9-5-4-8(12)6-7(9)2/h4-6H,3,12H2,1-2H3,(H,13,14,15). The van der Waals surface area contributed by atoms with Crippen molar-refractivity contribution < 1.29 is 0 Å². The second-order valence-corrected chi connectivity index (χ2v) is 3.53. The van der Waals surface area contributed by atoms with E-state index < -0.39 is 0 Å². The Kier molecular flexibility index (Phi) is 2.41. The van der Waals surface area contributed by atoms with Crippen LogP contribution in [-0.4, -0.2) is 15.2 Å². The van der Waals surface area contributed by atoms with E-state index in [0.29, 0.717) is 0 Å². The predicted octanol–water partition coefficient (Wildman–Crippen LogP) is 1.92. The minimum Gasteiger partial charge on any atom is -0.399 e. The zero-order valence-electron chi connectivity index (χ0n) is 8.91. The van der Waals surface area contributed by atoms with Crippen LogP contribution in [0.2, 0.25) is 0 Å². The van der Waals surface area contributed by atoms with E-state index in [9.17, 15) is 0 Å². The number of benzene rings is 1. The molecule has 15 heavy (non-hydrogen) atoms. The van der Waals surface area contributed by atoms with Gasteiger partial charge in [0.05, 0.1) is 0 Å². The Morgan fingerprint density at radius 3 is 2.80 bits per heavy atom. The quantitative estimate of drug-likeness (QED) is 0.731. The van der Waals surface area contributed by atoms with Crippen LogP contribution in [0.5, 0.6) is 0 Å². The van der Waals surface area contributed by atoms with Crippen LogP contribution in [0, 0.1) is 6.92 Å². The lowest BCUT2D eigenvalue weighted by molar-refractivity contribution is 0.946. The minimum absolute atomic E-state index is 0.740. The molecule has 78 valence electrons. The third-order valence-corrected chi connectivity index (χ3v) is 2.36. The first kappa shape index (κ1) is 9.71. The van der Waals surface area contributed by atoms with Gasteiger partial charge in [-0.1, -0.05) is 6.92 Å². The maximum atomic E-state index is 5.69. The maximum Gasteiger partial charge on any atom is 0.181 e. The molecule has 0 bridgehead atoms. The number of aromatic nitrogens is 3. The molecule has 3 N–H and O–H groups in total. The number of aromatic amines is 1. The van der Waals surface area contributed by atoms with E-state index in [0.717, 1.165) is 34.9 Å². The number of anilines is 1. The average molecular weight is 202 g/mol. The minimum atomic E-state index is 0.740. The molecule has 2 rings (SSSR count). The largest absolute Gasteiger partial charge is 0.399 e. The van der Waals surface area contributed by atoms with E-state index in [2.05, 4.69) is 15.2 Å². The van der Waals surface area contributed by atoms with Crippen LogP contribution in [0.25, 0.3) is 11.4 Å². The highest BCUT2D eigenvalue weighted by molar-refractivity contribution is 5.63. The molecule has 1 heterocycles. The first-order valence-corrected chi connectivity index (χ1v) is 4.98. The summed E-state index contributed by atoms with van der Waals surface area (Å²) in [4.78, 5) is 4.38. The Hall–Kier alpha value is -1.84. The van der Waals surface area contributed by atoms with Gasteiger partial charge >= 0.3 is 0 Å². The SMILES string of the molecule is CCc1nc(-c2ccc(N)cc2C)n[nH]1. The first-order chi connectivity index (χ1) is 7.20. The molecule has 0 atom stereocenters. The Morgan fingerprint density at radius 1 is 1.40 bits per heavy atom. The van der Waals surface area contributed by atoms with Gasteiger partial charge in [-0.15, -0.1) is 0 Å². The lowest BCUT2D eigenvalue weighted by atomic mass is 10.1. The second kappa shape index (κ2) is 3.73. The number of hydrogen-bond acceptors (Lipinski definition) is 3. The highest BCUT2D eigenvalue weighted by Gasteiger charge is 2.07. The van der Waals surface area contributed by atoms with Crippen LogP contribution in [0.15, 0.2) is 18.2 Å². The van der Waals surface area contributed by atoms with Gasteiger partial charge in [0.25, 0.3) is 0 Å². The van der Waals surface area contributed by atoms with E-state index in [4.69, 9.17) is 5.73 Å². The summed E-state index contributed by atoms with van der Waals surface area (Å²) in [5, 5.41) is 7.07. The molecule has 0 fully saturated rings. The number of hydrogen-bond donors (Lipinski definition) is 2. The lowest BCUT2D eigenvalue weighted by Crippen LogP contribution is -1.90. The summed E-state index contributed by atoms with van der Waals surface area (Å²) >= 11 is 0. The van der Waals surface area contributed by atoms with Gasteiger partial charge in [-0.05, 0) is 30.7 Å². The molecule has 0 aliphatic carbocycles. The van der Waals surface area contributed by atoms with E-state index in [1.807, 2.05) is 32.0 Å². The molecule has 0 spiro atoms. The molecule has 0 aliphatic rings. The van der Waals surface area contributed by atoms with Crippen molar-refractivity contribution in [2.45, 2.75) is 20.3 Å². The van der Waals surface area contributed by atoms with E-state index in [1.54, 1.807) is 0 Å². The summed E-state index contributed by atoms with van der Waals surface area (Å²) in [7, 11) is 0. The normalized spacial score (nSPS) is 10.5. The van der Waals surface area contributed by atoms with Crippen LogP contribution in [0.1, 0.15) is 18.3 Å². The number of nitrogen functional groups attached to an aromatic ring is 1. The molecule has 4 heteroatoms. The number of aryl methyl sites for hydroxylation is 2. The second-order valence-electron chi connectivity index (χ2n) is 3.53. The number of nitrogens with zero attached hydrogens (tertiary/aromatic N) is 2. The molecular formula is C11H14N4. The van der Waals surface area contributed by atoms with Gasteiger partial charge in [0, 0.05) is 17.7 Å². The van der Waals surface area contributed by atoms with Crippen molar-refractivity contribution in [3.63, 3.8) is 0 Å². The fraction of sp³-hybridized carbons (Fsp3) is 0.273. The van der Waals surface area contributed by atoms with Gasteiger partial charge in [-0.3, -0.25) is 5.10 Å². The fourth-order valence-electron chi connectivity index (χ4n) is 1.51. The van der Waals surface area contributed by atoms with Gasteiger partial charge in [0.2, 0.25) is 0 Å². The van der Waals surface area contributed by atoms with Crippen LogP contribution in [-0.2, 0) is 6.42 Å². The molecule has 4 nitrogen and oxygen atoms in total. The third-order valence-electron chi connectivity index (χ3n) is 2.36. The summed E-state index contributed by atoms with van der Waals surface area (Å²) in [5.41, 5.74) is 8.58. The molecule has 0 saturated heterocycles. The van der Waals surface area contributed by atoms with Crippen LogP contribution in [0.3, 0.4) is 0 Å². The highest BCUT2D eigenvalue weighted by Crippen LogP contribution is 2.21. The summed E-state index contributed by atoms with van der Waals surface area (Å²) in [6.07, 6.45) is 0.862. The summed E-state index contributed by atoms with van der Waals surface area (Å²) < 4.78 is 0. The molecule has 0 amide bonds. The van der Waals surface area contributed by atoms with Crippen molar-refractivity contribution in [2.75, 3.05) is 5.73 Å². The average Bonchev–Trinajstić information content (AvgIpc) is 2.66. The van der Waals surface area contributed by atoms with Gasteiger partial charge in [-0.2, -0.15) is 5.10 Å². The number of rotatable bonds is 2. The van der Waals surface area contributed by atoms with Crippen LogP contribution < -0.4 is 5.73 Å². The smallest absolute Gasteiger partial charge is 0.181 e. The monoisotopic (exact) mass is 202 g/mol. The molecule has 1 aromatic heterocycles. The van der Waals surface area contributed by atoms with E-state index in [1.165, 1.54) is 0 Å². The molecular weight excluding hydrogens is 188 g/mol. The molecule has 0 unspecified atom stereocenters. The lowest BCUT2D eigenvalue weighted by Gasteiger charge is -2.01. The van der Waals surface area contributed by atoms with Crippen molar-refractivity contribution in [3.05, 3.63) is 29.6 Å². The number of H-pyrrole nitrogens is 1. The molecule has 2 aromatic rings. The van der Waals surface area contributed by atoms with Crippen molar-refractivity contribution in [1.82, 2.24) is 15.2 Å². The van der Waals surface area contributed by atoms with Crippen LogP contribution in [0.4, 0.5) is 5.69 Å². The zero-order chi connectivity index (χ0) is 10.8. The summed E-state index contributed by atoms with van der Waals surface area (Å²) in [5.74, 6) is 1.64. The number of nitrogens with two attached hydrogens (primary N) is 1. The predicted molar refractivity (Wildman–Crippen MR) is 60.3 cm³/mol. The number of nitrogens with one attached hydrogen (secondary N) is 1. The molecule has 0 aliphatic heterocycles. The highest BCUT2D eigenvalue weighted by atomic mass is 15.2. The Bertz CT molecular complexity index is 473. The van der Waals surface area contributed by atoms with Crippen molar-refractivity contribution in [3.8, 4) is 11.4 Å². The molecule has 0 radical (unpaired) electrons. The Morgan fingerprint density at radius 2 is 2.20 bits per heavy atom. The van der Waals surface area contributed by atoms with E-state index >= 15 is 0 Å². The maximum absolute atomic E-state index is 5.69. The van der Waals surface area contributed by atoms with Gasteiger partial charge in [-0.25, -0.2) is 4.98 Å². The zero-order valence-corrected chi connectivity index (χ0v) is 8.91. The molecule has 1 aromatic carbocycles. The first-order valence-electron chi connectivity index (χ1n) is 4.98. The fourth-order valence-corrected chi connectivity index (χ4v) is 1.51. The van der Waals surface area contributed by atoms with Crippen molar-refractivity contribution in [1.29, 1.82) is 0 Å². The van der Waals surface area contributed by atoms with Crippen molar-refractivity contribution >= 4 is 5.69 Å².